The number of hydrogen-bond acceptors (Lipinski definition) is 3. The molecule has 126 valence electrons. The lowest BCUT2D eigenvalue weighted by atomic mass is 9.95. The molecule has 0 aliphatic heterocycles. The normalized spacial score (nSPS) is 30.3. The number of para-hydroxylation sites is 1. The minimum atomic E-state index is 0.0499. The first-order valence-electron chi connectivity index (χ1n) is 8.78. The van der Waals surface area contributed by atoms with Crippen molar-refractivity contribution in [2.45, 2.75) is 50.5 Å². The summed E-state index contributed by atoms with van der Waals surface area (Å²) in [5.41, 5.74) is 1.13. The molecule has 0 aromatic heterocycles. The van der Waals surface area contributed by atoms with Gasteiger partial charge in [0.1, 0.15) is 5.75 Å². The van der Waals surface area contributed by atoms with Crippen LogP contribution in [0.1, 0.15) is 50.0 Å². The molecule has 0 heterocycles. The van der Waals surface area contributed by atoms with Crippen LogP contribution in [0.2, 0.25) is 0 Å². The van der Waals surface area contributed by atoms with Gasteiger partial charge in [0.15, 0.2) is 0 Å². The van der Waals surface area contributed by atoms with Crippen LogP contribution in [0.25, 0.3) is 0 Å². The van der Waals surface area contributed by atoms with Crippen LogP contribution in [-0.2, 0) is 4.79 Å². The van der Waals surface area contributed by atoms with E-state index in [4.69, 9.17) is 4.74 Å². The molecule has 2 aliphatic rings. The Hall–Kier alpha value is -1.55. The van der Waals surface area contributed by atoms with Gasteiger partial charge < -0.3 is 15.2 Å². The smallest absolute Gasteiger partial charge is 0.223 e. The van der Waals surface area contributed by atoms with Gasteiger partial charge in [0.2, 0.25) is 5.91 Å². The summed E-state index contributed by atoms with van der Waals surface area (Å²) in [5, 5.41) is 12.8. The van der Waals surface area contributed by atoms with Crippen molar-refractivity contribution >= 4 is 5.91 Å². The third-order valence-corrected chi connectivity index (χ3v) is 5.39. The van der Waals surface area contributed by atoms with E-state index >= 15 is 0 Å². The Morgan fingerprint density at radius 2 is 2.04 bits per heavy atom. The summed E-state index contributed by atoms with van der Waals surface area (Å²) in [5.74, 6) is 1.55. The van der Waals surface area contributed by atoms with E-state index in [1.165, 1.54) is 6.42 Å². The SMILES string of the molecule is COc1ccccc1C1CC1C(=O)NC1CCCCCC1CO. The van der Waals surface area contributed by atoms with Gasteiger partial charge in [0.05, 0.1) is 7.11 Å². The Bertz CT molecular complexity index is 545. The minimum absolute atomic E-state index is 0.0499. The van der Waals surface area contributed by atoms with E-state index in [0.29, 0.717) is 0 Å². The molecule has 4 nitrogen and oxygen atoms in total. The minimum Gasteiger partial charge on any atom is -0.496 e. The number of methoxy groups -OCH3 is 1. The molecule has 2 aliphatic carbocycles. The van der Waals surface area contributed by atoms with Crippen molar-refractivity contribution in [3.8, 4) is 5.75 Å². The molecule has 0 bridgehead atoms. The topological polar surface area (TPSA) is 58.6 Å². The van der Waals surface area contributed by atoms with Crippen molar-refractivity contribution in [2.24, 2.45) is 11.8 Å². The average molecular weight is 317 g/mol. The van der Waals surface area contributed by atoms with E-state index in [2.05, 4.69) is 11.4 Å². The fourth-order valence-electron chi connectivity index (χ4n) is 3.88. The van der Waals surface area contributed by atoms with Crippen molar-refractivity contribution in [3.63, 3.8) is 0 Å². The molecule has 1 amide bonds. The lowest BCUT2D eigenvalue weighted by Crippen LogP contribution is -2.42. The van der Waals surface area contributed by atoms with Crippen LogP contribution in [0.5, 0.6) is 5.75 Å². The fourth-order valence-corrected chi connectivity index (χ4v) is 3.88. The number of ether oxygens (including phenoxy) is 1. The molecular weight excluding hydrogens is 290 g/mol. The van der Waals surface area contributed by atoms with E-state index in [-0.39, 0.29) is 36.3 Å². The zero-order valence-corrected chi connectivity index (χ0v) is 13.8. The van der Waals surface area contributed by atoms with Crippen molar-refractivity contribution in [3.05, 3.63) is 29.8 Å². The molecular formula is C19H27NO3. The Kier molecular flexibility index (Phi) is 5.21. The second kappa shape index (κ2) is 7.35. The van der Waals surface area contributed by atoms with Crippen molar-refractivity contribution < 1.29 is 14.6 Å². The standard InChI is InChI=1S/C19H27NO3/c1-23-18-10-6-5-8-14(18)15-11-16(15)19(22)20-17-9-4-2-3-7-13(17)12-21/h5-6,8,10,13,15-17,21H,2-4,7,9,11-12H2,1H3,(H,20,22). The van der Waals surface area contributed by atoms with Crippen LogP contribution in [0, 0.1) is 11.8 Å². The summed E-state index contributed by atoms with van der Waals surface area (Å²) in [7, 11) is 1.67. The third-order valence-electron chi connectivity index (χ3n) is 5.39. The molecule has 2 N–H and O–H groups in total. The molecule has 1 aromatic carbocycles. The van der Waals surface area contributed by atoms with E-state index in [1.54, 1.807) is 7.11 Å². The van der Waals surface area contributed by atoms with Crippen LogP contribution in [0.3, 0.4) is 0 Å². The number of aliphatic hydroxyl groups is 1. The maximum atomic E-state index is 12.6. The van der Waals surface area contributed by atoms with Crippen molar-refractivity contribution in [1.29, 1.82) is 0 Å². The number of hydrogen-bond donors (Lipinski definition) is 2. The highest BCUT2D eigenvalue weighted by atomic mass is 16.5. The molecule has 23 heavy (non-hydrogen) atoms. The number of carbonyl (C=O) groups is 1. The number of nitrogens with one attached hydrogen (secondary N) is 1. The molecule has 0 radical (unpaired) electrons. The molecule has 4 atom stereocenters. The highest BCUT2D eigenvalue weighted by Crippen LogP contribution is 2.50. The number of rotatable bonds is 5. The molecule has 2 fully saturated rings. The van der Waals surface area contributed by atoms with Crippen LogP contribution < -0.4 is 10.1 Å². The zero-order chi connectivity index (χ0) is 16.2. The summed E-state index contributed by atoms with van der Waals surface area (Å²) < 4.78 is 5.41. The quantitative estimate of drug-likeness (QED) is 0.821. The Labute approximate surface area is 138 Å². The van der Waals surface area contributed by atoms with Crippen molar-refractivity contribution in [2.75, 3.05) is 13.7 Å². The molecule has 2 saturated carbocycles. The second-order valence-electron chi connectivity index (χ2n) is 6.89. The molecule has 0 spiro atoms. The van der Waals surface area contributed by atoms with E-state index in [1.807, 2.05) is 18.2 Å². The predicted octanol–water partition coefficient (Wildman–Crippen LogP) is 2.86. The maximum Gasteiger partial charge on any atom is 0.223 e. The largest absolute Gasteiger partial charge is 0.496 e. The summed E-state index contributed by atoms with van der Waals surface area (Å²) >= 11 is 0. The van der Waals surface area contributed by atoms with Crippen molar-refractivity contribution in [1.82, 2.24) is 5.32 Å². The number of benzene rings is 1. The third kappa shape index (κ3) is 3.69. The van der Waals surface area contributed by atoms with Gasteiger partial charge in [-0.2, -0.15) is 0 Å². The lowest BCUT2D eigenvalue weighted by molar-refractivity contribution is -0.123. The average Bonchev–Trinajstić information content (AvgIpc) is 3.39. The van der Waals surface area contributed by atoms with Crippen LogP contribution in [-0.4, -0.2) is 30.8 Å². The Morgan fingerprint density at radius 3 is 2.83 bits per heavy atom. The van der Waals surface area contributed by atoms with E-state index in [0.717, 1.165) is 43.4 Å². The first-order chi connectivity index (χ1) is 11.2. The summed E-state index contributed by atoms with van der Waals surface area (Å²) in [6, 6.07) is 8.10. The van der Waals surface area contributed by atoms with Gasteiger partial charge in [0.25, 0.3) is 0 Å². The van der Waals surface area contributed by atoms with Gasteiger partial charge in [0, 0.05) is 24.5 Å². The second-order valence-corrected chi connectivity index (χ2v) is 6.89. The van der Waals surface area contributed by atoms with Gasteiger partial charge in [-0.05, 0) is 36.8 Å². The first kappa shape index (κ1) is 16.3. The van der Waals surface area contributed by atoms with Crippen LogP contribution in [0.15, 0.2) is 24.3 Å². The van der Waals surface area contributed by atoms with Gasteiger partial charge in [-0.1, -0.05) is 37.5 Å². The maximum absolute atomic E-state index is 12.6. The molecule has 4 heteroatoms. The summed E-state index contributed by atoms with van der Waals surface area (Å²) in [6.45, 7) is 0.172. The van der Waals surface area contributed by atoms with Gasteiger partial charge in [-0.15, -0.1) is 0 Å². The Balaban J connectivity index is 1.61. The lowest BCUT2D eigenvalue weighted by Gasteiger charge is -2.24. The van der Waals surface area contributed by atoms with E-state index < -0.39 is 0 Å². The fraction of sp³-hybridized carbons (Fsp3) is 0.632. The van der Waals surface area contributed by atoms with Crippen LogP contribution >= 0.6 is 0 Å². The first-order valence-corrected chi connectivity index (χ1v) is 8.78. The highest BCUT2D eigenvalue weighted by Gasteiger charge is 2.46. The summed E-state index contributed by atoms with van der Waals surface area (Å²) in [4.78, 5) is 12.6. The summed E-state index contributed by atoms with van der Waals surface area (Å²) in [6.07, 6.45) is 6.40. The number of amides is 1. The highest BCUT2D eigenvalue weighted by molar-refractivity contribution is 5.83. The van der Waals surface area contributed by atoms with Gasteiger partial charge >= 0.3 is 0 Å². The molecule has 0 saturated heterocycles. The number of carbonyl (C=O) groups excluding carboxylic acids is 1. The monoisotopic (exact) mass is 317 g/mol. The predicted molar refractivity (Wildman–Crippen MR) is 89.4 cm³/mol. The van der Waals surface area contributed by atoms with Gasteiger partial charge in [-0.25, -0.2) is 0 Å². The van der Waals surface area contributed by atoms with Gasteiger partial charge in [-0.3, -0.25) is 4.79 Å². The molecule has 4 unspecified atom stereocenters. The number of aliphatic hydroxyl groups excluding tert-OH is 1. The molecule has 3 rings (SSSR count). The van der Waals surface area contributed by atoms with E-state index in [9.17, 15) is 9.90 Å². The Morgan fingerprint density at radius 1 is 1.26 bits per heavy atom. The zero-order valence-electron chi connectivity index (χ0n) is 13.8. The van der Waals surface area contributed by atoms with Crippen LogP contribution in [0.4, 0.5) is 0 Å². The molecule has 1 aromatic rings.